The Bertz CT molecular complexity index is 648. The highest BCUT2D eigenvalue weighted by Crippen LogP contribution is 2.25. The van der Waals surface area contributed by atoms with Gasteiger partial charge in [-0.05, 0) is 73.5 Å². The second-order valence-electron chi connectivity index (χ2n) is 6.72. The highest BCUT2D eigenvalue weighted by atomic mass is 19.1. The first-order valence-electron chi connectivity index (χ1n) is 8.42. The minimum Gasteiger partial charge on any atom is -0.398 e. The molecule has 0 aromatic heterocycles. The van der Waals surface area contributed by atoms with Crippen LogP contribution in [0.2, 0.25) is 0 Å². The molecular formula is C20H25FN2. The molecule has 1 saturated heterocycles. The van der Waals surface area contributed by atoms with Gasteiger partial charge in [0.15, 0.2) is 0 Å². The Kier molecular flexibility index (Phi) is 4.97. The Morgan fingerprint density at radius 2 is 2.04 bits per heavy atom. The maximum absolute atomic E-state index is 13.4. The maximum atomic E-state index is 13.4. The van der Waals surface area contributed by atoms with Crippen LogP contribution in [0.15, 0.2) is 42.5 Å². The molecule has 0 bridgehead atoms. The Labute approximate surface area is 138 Å². The van der Waals surface area contributed by atoms with Crippen LogP contribution < -0.4 is 5.73 Å². The van der Waals surface area contributed by atoms with E-state index in [0.29, 0.717) is 5.92 Å². The van der Waals surface area contributed by atoms with Crippen molar-refractivity contribution in [2.45, 2.75) is 32.7 Å². The van der Waals surface area contributed by atoms with Gasteiger partial charge in [-0.15, -0.1) is 0 Å². The average molecular weight is 312 g/mol. The lowest BCUT2D eigenvalue weighted by molar-refractivity contribution is 0.167. The third kappa shape index (κ3) is 4.11. The van der Waals surface area contributed by atoms with E-state index in [0.717, 1.165) is 37.3 Å². The van der Waals surface area contributed by atoms with Gasteiger partial charge in [0.1, 0.15) is 5.82 Å². The molecule has 2 N–H and O–H groups in total. The van der Waals surface area contributed by atoms with Crippen molar-refractivity contribution in [1.82, 2.24) is 4.90 Å². The molecule has 3 rings (SSSR count). The van der Waals surface area contributed by atoms with E-state index >= 15 is 0 Å². The van der Waals surface area contributed by atoms with Crippen LogP contribution in [0.4, 0.5) is 10.1 Å². The molecule has 1 aliphatic rings. The minimum atomic E-state index is -0.136. The fourth-order valence-electron chi connectivity index (χ4n) is 3.62. The molecule has 3 heteroatoms. The third-order valence-electron chi connectivity index (χ3n) is 4.84. The first-order chi connectivity index (χ1) is 11.1. The molecule has 0 aliphatic carbocycles. The van der Waals surface area contributed by atoms with Crippen molar-refractivity contribution >= 4 is 5.69 Å². The Morgan fingerprint density at radius 3 is 2.83 bits per heavy atom. The van der Waals surface area contributed by atoms with Gasteiger partial charge in [-0.1, -0.05) is 24.3 Å². The summed E-state index contributed by atoms with van der Waals surface area (Å²) in [5, 5.41) is 0. The number of rotatable bonds is 4. The highest BCUT2D eigenvalue weighted by Gasteiger charge is 2.21. The average Bonchev–Trinajstić information content (AvgIpc) is 2.52. The Morgan fingerprint density at radius 1 is 1.22 bits per heavy atom. The highest BCUT2D eigenvalue weighted by molar-refractivity contribution is 5.50. The molecule has 2 aromatic rings. The van der Waals surface area contributed by atoms with Gasteiger partial charge in [0, 0.05) is 18.8 Å². The lowest BCUT2D eigenvalue weighted by atomic mass is 9.91. The van der Waals surface area contributed by atoms with Gasteiger partial charge in [-0.3, -0.25) is 4.90 Å². The fourth-order valence-corrected chi connectivity index (χ4v) is 3.62. The van der Waals surface area contributed by atoms with E-state index in [2.05, 4.69) is 17.9 Å². The molecule has 122 valence electrons. The summed E-state index contributed by atoms with van der Waals surface area (Å²) in [7, 11) is 0. The van der Waals surface area contributed by atoms with Gasteiger partial charge >= 0.3 is 0 Å². The molecule has 1 unspecified atom stereocenters. The summed E-state index contributed by atoms with van der Waals surface area (Å²) in [6, 6.07) is 13.1. The largest absolute Gasteiger partial charge is 0.398 e. The van der Waals surface area contributed by atoms with Gasteiger partial charge in [0.25, 0.3) is 0 Å². The first kappa shape index (κ1) is 16.0. The zero-order valence-corrected chi connectivity index (χ0v) is 13.8. The molecule has 0 spiro atoms. The molecule has 0 saturated carbocycles. The number of nitrogens with two attached hydrogens (primary N) is 1. The quantitative estimate of drug-likeness (QED) is 0.859. The zero-order valence-electron chi connectivity index (χ0n) is 13.8. The number of nitrogen functional groups attached to an aromatic ring is 1. The number of anilines is 1. The summed E-state index contributed by atoms with van der Waals surface area (Å²) in [5.41, 5.74) is 10.6. The van der Waals surface area contributed by atoms with Crippen LogP contribution in [0.5, 0.6) is 0 Å². The number of aryl methyl sites for hydroxylation is 1. The zero-order chi connectivity index (χ0) is 16.2. The van der Waals surface area contributed by atoms with Crippen LogP contribution in [-0.4, -0.2) is 18.0 Å². The molecule has 1 atom stereocenters. The number of hydrogen-bond acceptors (Lipinski definition) is 2. The molecule has 23 heavy (non-hydrogen) atoms. The van der Waals surface area contributed by atoms with Crippen LogP contribution in [0, 0.1) is 18.7 Å². The molecule has 2 aromatic carbocycles. The van der Waals surface area contributed by atoms with Crippen LogP contribution in [0.25, 0.3) is 0 Å². The molecule has 1 fully saturated rings. The number of nitrogens with zero attached hydrogens (tertiary/aromatic N) is 1. The van der Waals surface area contributed by atoms with E-state index in [-0.39, 0.29) is 5.82 Å². The van der Waals surface area contributed by atoms with Crippen molar-refractivity contribution in [2.24, 2.45) is 5.92 Å². The summed E-state index contributed by atoms with van der Waals surface area (Å²) in [4.78, 5) is 2.49. The molecule has 0 amide bonds. The SMILES string of the molecule is Cc1cccc(N)c1CN1CCCC(Cc2cccc(F)c2)C1. The number of hydrogen-bond donors (Lipinski definition) is 1. The van der Waals surface area contributed by atoms with E-state index in [1.807, 2.05) is 18.2 Å². The van der Waals surface area contributed by atoms with Crippen LogP contribution in [0.3, 0.4) is 0 Å². The Balaban J connectivity index is 1.64. The van der Waals surface area contributed by atoms with Crippen molar-refractivity contribution in [1.29, 1.82) is 0 Å². The Hall–Kier alpha value is -1.87. The fraction of sp³-hybridized carbons (Fsp3) is 0.400. The summed E-state index contributed by atoms with van der Waals surface area (Å²) in [6.07, 6.45) is 3.37. The van der Waals surface area contributed by atoms with Crippen LogP contribution in [-0.2, 0) is 13.0 Å². The van der Waals surface area contributed by atoms with Gasteiger partial charge in [-0.2, -0.15) is 0 Å². The number of piperidine rings is 1. The summed E-state index contributed by atoms with van der Waals surface area (Å²) in [6.45, 7) is 5.22. The van der Waals surface area contributed by atoms with E-state index in [1.54, 1.807) is 12.1 Å². The smallest absolute Gasteiger partial charge is 0.123 e. The molecule has 1 aliphatic heterocycles. The second-order valence-corrected chi connectivity index (χ2v) is 6.72. The maximum Gasteiger partial charge on any atom is 0.123 e. The summed E-state index contributed by atoms with van der Waals surface area (Å²) in [5.74, 6) is 0.457. The molecule has 1 heterocycles. The van der Waals surface area contributed by atoms with Crippen LogP contribution in [0.1, 0.15) is 29.5 Å². The number of halogens is 1. The molecule has 0 radical (unpaired) electrons. The van der Waals surface area contributed by atoms with Crippen molar-refractivity contribution in [3.8, 4) is 0 Å². The molecule has 2 nitrogen and oxygen atoms in total. The number of benzene rings is 2. The van der Waals surface area contributed by atoms with Crippen molar-refractivity contribution < 1.29 is 4.39 Å². The standard InChI is InChI=1S/C20H25FN2/c1-15-5-2-9-20(22)19(15)14-23-10-4-7-17(13-23)11-16-6-3-8-18(21)12-16/h2-3,5-6,8-9,12,17H,4,7,10-11,13-14,22H2,1H3. The molecular weight excluding hydrogens is 287 g/mol. The monoisotopic (exact) mass is 312 g/mol. The summed E-state index contributed by atoms with van der Waals surface area (Å²) < 4.78 is 13.4. The van der Waals surface area contributed by atoms with E-state index in [9.17, 15) is 4.39 Å². The van der Waals surface area contributed by atoms with E-state index < -0.39 is 0 Å². The topological polar surface area (TPSA) is 29.3 Å². The second kappa shape index (κ2) is 7.14. The van der Waals surface area contributed by atoms with Gasteiger partial charge in [-0.25, -0.2) is 4.39 Å². The normalized spacial score (nSPS) is 19.0. The van der Waals surface area contributed by atoms with E-state index in [1.165, 1.54) is 30.0 Å². The summed E-state index contributed by atoms with van der Waals surface area (Å²) >= 11 is 0. The van der Waals surface area contributed by atoms with Crippen LogP contribution >= 0.6 is 0 Å². The van der Waals surface area contributed by atoms with Crippen molar-refractivity contribution in [2.75, 3.05) is 18.8 Å². The van der Waals surface area contributed by atoms with Crippen molar-refractivity contribution in [3.63, 3.8) is 0 Å². The first-order valence-corrected chi connectivity index (χ1v) is 8.42. The predicted molar refractivity (Wildman–Crippen MR) is 93.7 cm³/mol. The van der Waals surface area contributed by atoms with Gasteiger partial charge < -0.3 is 5.73 Å². The third-order valence-corrected chi connectivity index (χ3v) is 4.84. The lowest BCUT2D eigenvalue weighted by Crippen LogP contribution is -2.36. The van der Waals surface area contributed by atoms with Gasteiger partial charge in [0.2, 0.25) is 0 Å². The van der Waals surface area contributed by atoms with Crippen molar-refractivity contribution in [3.05, 3.63) is 65.0 Å². The number of likely N-dealkylation sites (tertiary alicyclic amines) is 1. The lowest BCUT2D eigenvalue weighted by Gasteiger charge is -2.33. The predicted octanol–water partition coefficient (Wildman–Crippen LogP) is 4.17. The van der Waals surface area contributed by atoms with Gasteiger partial charge in [0.05, 0.1) is 0 Å². The minimum absolute atomic E-state index is 0.136. The van der Waals surface area contributed by atoms with E-state index in [4.69, 9.17) is 5.73 Å².